The Balaban J connectivity index is 1.79. The predicted octanol–water partition coefficient (Wildman–Crippen LogP) is 3.91. The largest absolute Gasteiger partial charge is 0.507 e. The maximum Gasteiger partial charge on any atom is 0.205 e. The van der Waals surface area contributed by atoms with Crippen molar-refractivity contribution in [2.45, 2.75) is 51.4 Å². The van der Waals surface area contributed by atoms with Crippen LogP contribution in [-0.4, -0.2) is 27.5 Å². The fourth-order valence-corrected chi connectivity index (χ4v) is 4.04. The number of fused-ring (bicyclic) bond motifs is 5. The third-order valence-electron chi connectivity index (χ3n) is 5.64. The number of phenolic OH excluding ortho intramolecular Hbond substituents is 1. The van der Waals surface area contributed by atoms with Gasteiger partial charge in [0.25, 0.3) is 0 Å². The standard InChI is InChI=1S/C23H22O6/c1-22(2)8-7-11-13(29-22)5-6-14-18(11)21(25)19-16(27-14)10-15-12(20(19)24)9-17(28-15)23(3,4)26/h5-8,10,17,24,26H,9H2,1-4H3. The third kappa shape index (κ3) is 2.63. The van der Waals surface area contributed by atoms with Crippen molar-refractivity contribution < 1.29 is 24.1 Å². The zero-order chi connectivity index (χ0) is 20.7. The first kappa shape index (κ1) is 18.1. The molecule has 0 saturated carbocycles. The molecule has 6 heteroatoms. The van der Waals surface area contributed by atoms with E-state index in [0.29, 0.717) is 40.0 Å². The summed E-state index contributed by atoms with van der Waals surface area (Å²) in [5, 5.41) is 21.7. The highest BCUT2D eigenvalue weighted by Gasteiger charge is 2.37. The van der Waals surface area contributed by atoms with Crippen LogP contribution in [0.2, 0.25) is 0 Å². The van der Waals surface area contributed by atoms with Gasteiger partial charge in [-0.05, 0) is 45.9 Å². The van der Waals surface area contributed by atoms with E-state index in [1.165, 1.54) is 0 Å². The summed E-state index contributed by atoms with van der Waals surface area (Å²) in [4.78, 5) is 13.4. The van der Waals surface area contributed by atoms with Gasteiger partial charge >= 0.3 is 0 Å². The van der Waals surface area contributed by atoms with Crippen LogP contribution in [-0.2, 0) is 6.42 Å². The first-order chi connectivity index (χ1) is 13.5. The highest BCUT2D eigenvalue weighted by atomic mass is 16.5. The normalized spacial score (nSPS) is 19.7. The quantitative estimate of drug-likeness (QED) is 0.609. The Morgan fingerprint density at radius 1 is 1.14 bits per heavy atom. The number of benzene rings is 2. The molecule has 2 N–H and O–H groups in total. The van der Waals surface area contributed by atoms with Crippen LogP contribution < -0.4 is 14.9 Å². The molecular weight excluding hydrogens is 372 g/mol. The van der Waals surface area contributed by atoms with E-state index >= 15 is 0 Å². The molecule has 1 unspecified atom stereocenters. The molecule has 150 valence electrons. The van der Waals surface area contributed by atoms with Crippen molar-refractivity contribution in [2.24, 2.45) is 0 Å². The van der Waals surface area contributed by atoms with Crippen molar-refractivity contribution in [1.29, 1.82) is 0 Å². The maximum atomic E-state index is 13.4. The highest BCUT2D eigenvalue weighted by molar-refractivity contribution is 5.99. The second-order valence-electron chi connectivity index (χ2n) is 8.86. The predicted molar refractivity (Wildman–Crippen MR) is 110 cm³/mol. The van der Waals surface area contributed by atoms with Crippen molar-refractivity contribution >= 4 is 28.0 Å². The lowest BCUT2D eigenvalue weighted by Gasteiger charge is -2.28. The molecule has 1 aromatic heterocycles. The lowest BCUT2D eigenvalue weighted by Crippen LogP contribution is -2.39. The van der Waals surface area contributed by atoms with Gasteiger partial charge in [-0.15, -0.1) is 0 Å². The van der Waals surface area contributed by atoms with Crippen LogP contribution in [0.4, 0.5) is 0 Å². The molecular formula is C23H22O6. The zero-order valence-corrected chi connectivity index (χ0v) is 16.7. The first-order valence-corrected chi connectivity index (χ1v) is 9.61. The third-order valence-corrected chi connectivity index (χ3v) is 5.64. The summed E-state index contributed by atoms with van der Waals surface area (Å²) in [7, 11) is 0. The van der Waals surface area contributed by atoms with Crippen molar-refractivity contribution in [1.82, 2.24) is 0 Å². The first-order valence-electron chi connectivity index (χ1n) is 9.61. The van der Waals surface area contributed by atoms with Crippen LogP contribution in [0.1, 0.15) is 38.8 Å². The van der Waals surface area contributed by atoms with E-state index in [9.17, 15) is 15.0 Å². The molecule has 1 atom stereocenters. The average molecular weight is 394 g/mol. The van der Waals surface area contributed by atoms with Gasteiger partial charge in [-0.25, -0.2) is 0 Å². The fraction of sp³-hybridized carbons (Fsp3) is 0.348. The van der Waals surface area contributed by atoms with E-state index < -0.39 is 17.3 Å². The fourth-order valence-electron chi connectivity index (χ4n) is 4.04. The minimum absolute atomic E-state index is 0.114. The summed E-state index contributed by atoms with van der Waals surface area (Å²) in [6, 6.07) is 5.10. The molecule has 6 nitrogen and oxygen atoms in total. The Bertz CT molecular complexity index is 1270. The van der Waals surface area contributed by atoms with Crippen LogP contribution in [0.5, 0.6) is 17.2 Å². The van der Waals surface area contributed by atoms with Gasteiger partial charge < -0.3 is 24.1 Å². The number of ether oxygens (including phenoxy) is 2. The summed E-state index contributed by atoms with van der Waals surface area (Å²) in [5.74, 6) is 0.869. The Hall–Kier alpha value is -2.99. The van der Waals surface area contributed by atoms with Crippen molar-refractivity contribution in [3.05, 3.63) is 45.6 Å². The Morgan fingerprint density at radius 3 is 2.62 bits per heavy atom. The minimum Gasteiger partial charge on any atom is -0.507 e. The SMILES string of the molecule is CC1(C)C=Cc2c(ccc3oc4cc5c(c(O)c4c(=O)c23)CC(C(C)(C)O)O5)O1. The number of hydrogen-bond acceptors (Lipinski definition) is 6. The van der Waals surface area contributed by atoms with Crippen LogP contribution in [0.15, 0.2) is 33.5 Å². The second-order valence-corrected chi connectivity index (χ2v) is 8.86. The summed E-state index contributed by atoms with van der Waals surface area (Å²) >= 11 is 0. The molecule has 2 aliphatic rings. The van der Waals surface area contributed by atoms with Gasteiger partial charge in [-0.2, -0.15) is 0 Å². The van der Waals surface area contributed by atoms with Crippen molar-refractivity contribution in [3.63, 3.8) is 0 Å². The molecule has 0 saturated heterocycles. The van der Waals surface area contributed by atoms with Gasteiger partial charge in [0.2, 0.25) is 5.43 Å². The molecule has 0 amide bonds. The summed E-state index contributed by atoms with van der Waals surface area (Å²) in [6.07, 6.45) is 3.54. The molecule has 0 bridgehead atoms. The number of aliphatic hydroxyl groups is 1. The Kier molecular flexibility index (Phi) is 3.45. The molecule has 0 spiro atoms. The van der Waals surface area contributed by atoms with E-state index in [1.54, 1.807) is 32.0 Å². The molecule has 3 aromatic rings. The van der Waals surface area contributed by atoms with Gasteiger partial charge in [0.05, 0.1) is 11.0 Å². The number of phenols is 1. The molecule has 29 heavy (non-hydrogen) atoms. The summed E-state index contributed by atoms with van der Waals surface area (Å²) < 4.78 is 17.8. The highest BCUT2D eigenvalue weighted by Crippen LogP contribution is 2.44. The van der Waals surface area contributed by atoms with Crippen LogP contribution in [0.25, 0.3) is 28.0 Å². The van der Waals surface area contributed by atoms with Crippen LogP contribution >= 0.6 is 0 Å². The van der Waals surface area contributed by atoms with Gasteiger partial charge in [0.1, 0.15) is 45.5 Å². The van der Waals surface area contributed by atoms with E-state index in [-0.39, 0.29) is 22.1 Å². The Morgan fingerprint density at radius 2 is 1.90 bits per heavy atom. The molecule has 0 radical (unpaired) electrons. The molecule has 0 fully saturated rings. The maximum absolute atomic E-state index is 13.4. The van der Waals surface area contributed by atoms with Crippen molar-refractivity contribution in [2.75, 3.05) is 0 Å². The minimum atomic E-state index is -1.09. The van der Waals surface area contributed by atoms with Gasteiger partial charge in [0, 0.05) is 23.6 Å². The van der Waals surface area contributed by atoms with Crippen LogP contribution in [0, 0.1) is 0 Å². The summed E-state index contributed by atoms with van der Waals surface area (Å²) in [6.45, 7) is 7.18. The lowest BCUT2D eigenvalue weighted by molar-refractivity contribution is -0.0229. The number of aromatic hydroxyl groups is 1. The van der Waals surface area contributed by atoms with Crippen LogP contribution in [0.3, 0.4) is 0 Å². The zero-order valence-electron chi connectivity index (χ0n) is 16.7. The topological polar surface area (TPSA) is 89.1 Å². The Labute approximate surface area is 167 Å². The van der Waals surface area contributed by atoms with E-state index in [1.807, 2.05) is 26.0 Å². The average Bonchev–Trinajstić information content (AvgIpc) is 3.05. The molecule has 2 aromatic carbocycles. The monoisotopic (exact) mass is 394 g/mol. The molecule has 0 aliphatic carbocycles. The molecule has 2 aliphatic heterocycles. The molecule has 5 rings (SSSR count). The number of hydrogen-bond donors (Lipinski definition) is 2. The van der Waals surface area contributed by atoms with Crippen molar-refractivity contribution in [3.8, 4) is 17.2 Å². The van der Waals surface area contributed by atoms with E-state index in [4.69, 9.17) is 13.9 Å². The van der Waals surface area contributed by atoms with E-state index in [0.717, 1.165) is 0 Å². The number of rotatable bonds is 1. The van der Waals surface area contributed by atoms with E-state index in [2.05, 4.69) is 0 Å². The second kappa shape index (κ2) is 5.54. The smallest absolute Gasteiger partial charge is 0.205 e. The van der Waals surface area contributed by atoms with Gasteiger partial charge in [-0.1, -0.05) is 6.08 Å². The van der Waals surface area contributed by atoms with Gasteiger partial charge in [0.15, 0.2) is 0 Å². The van der Waals surface area contributed by atoms with Gasteiger partial charge in [-0.3, -0.25) is 4.79 Å². The lowest BCUT2D eigenvalue weighted by atomic mass is 9.95. The molecule has 3 heterocycles. The summed E-state index contributed by atoms with van der Waals surface area (Å²) in [5.41, 5.74) is -0.0745.